The van der Waals surface area contributed by atoms with Gasteiger partial charge in [0, 0.05) is 32.7 Å². The first-order valence-corrected chi connectivity index (χ1v) is 16.6. The molecule has 0 unspecified atom stereocenters. The van der Waals surface area contributed by atoms with Gasteiger partial charge in [0.25, 0.3) is 0 Å². The van der Waals surface area contributed by atoms with Crippen molar-refractivity contribution in [1.29, 1.82) is 15.8 Å². The zero-order chi connectivity index (χ0) is 35.3. The van der Waals surface area contributed by atoms with Crippen molar-refractivity contribution in [2.45, 2.75) is 0 Å². The highest BCUT2D eigenvalue weighted by atomic mass is 15.0. The van der Waals surface area contributed by atoms with Crippen LogP contribution in [0.25, 0.3) is 82.1 Å². The van der Waals surface area contributed by atoms with Crippen LogP contribution in [0.4, 0.5) is 5.69 Å². The first-order chi connectivity index (χ1) is 25.6. The van der Waals surface area contributed by atoms with E-state index in [9.17, 15) is 15.8 Å². The van der Waals surface area contributed by atoms with Crippen molar-refractivity contribution in [2.75, 3.05) is 0 Å². The van der Waals surface area contributed by atoms with Gasteiger partial charge in [-0.2, -0.15) is 15.8 Å². The molecule has 9 rings (SSSR count). The average Bonchev–Trinajstić information content (AvgIpc) is 3.72. The molecule has 0 spiro atoms. The van der Waals surface area contributed by atoms with E-state index in [2.05, 4.69) is 92.9 Å². The third kappa shape index (κ3) is 4.54. The van der Waals surface area contributed by atoms with Crippen LogP contribution < -0.4 is 0 Å². The highest BCUT2D eigenvalue weighted by molar-refractivity contribution is 6.12. The van der Waals surface area contributed by atoms with Crippen molar-refractivity contribution in [2.24, 2.45) is 0 Å². The van der Waals surface area contributed by atoms with Crippen LogP contribution in [0.15, 0.2) is 146 Å². The second-order valence-electron chi connectivity index (χ2n) is 12.6. The summed E-state index contributed by atoms with van der Waals surface area (Å²) < 4.78 is 4.35. The van der Waals surface area contributed by atoms with Crippen molar-refractivity contribution < 1.29 is 0 Å². The lowest BCUT2D eigenvalue weighted by Crippen LogP contribution is -1.99. The van der Waals surface area contributed by atoms with Crippen LogP contribution in [0.3, 0.4) is 0 Å². The van der Waals surface area contributed by atoms with Gasteiger partial charge in [-0.05, 0) is 83.9 Å². The van der Waals surface area contributed by atoms with Gasteiger partial charge in [-0.1, -0.05) is 72.8 Å². The van der Waals surface area contributed by atoms with E-state index in [0.29, 0.717) is 33.5 Å². The molecule has 2 aromatic heterocycles. The Labute approximate surface area is 298 Å². The molecule has 0 bridgehead atoms. The van der Waals surface area contributed by atoms with Crippen molar-refractivity contribution in [3.05, 3.63) is 174 Å². The number of aromatic nitrogens is 2. The number of hydrogen-bond donors (Lipinski definition) is 0. The molecule has 238 valence electrons. The Kier molecular flexibility index (Phi) is 6.91. The maximum atomic E-state index is 10.1. The van der Waals surface area contributed by atoms with Crippen LogP contribution in [0, 0.1) is 40.6 Å². The lowest BCUT2D eigenvalue weighted by Gasteiger charge is -2.16. The van der Waals surface area contributed by atoms with E-state index < -0.39 is 0 Å². The van der Waals surface area contributed by atoms with E-state index in [1.165, 1.54) is 0 Å². The van der Waals surface area contributed by atoms with Gasteiger partial charge >= 0.3 is 0 Å². The van der Waals surface area contributed by atoms with Crippen molar-refractivity contribution in [3.8, 4) is 51.8 Å². The Morgan fingerprint density at radius 2 is 0.962 bits per heavy atom. The summed E-state index contributed by atoms with van der Waals surface area (Å²) in [7, 11) is 0. The zero-order valence-corrected chi connectivity index (χ0v) is 27.5. The van der Waals surface area contributed by atoms with Crippen LogP contribution in [0.5, 0.6) is 0 Å². The highest BCUT2D eigenvalue weighted by Gasteiger charge is 2.20. The molecule has 0 saturated heterocycles. The second kappa shape index (κ2) is 11.9. The van der Waals surface area contributed by atoms with Gasteiger partial charge < -0.3 is 9.13 Å². The molecule has 9 aromatic rings. The Bertz CT molecular complexity index is 3080. The van der Waals surface area contributed by atoms with Gasteiger partial charge in [-0.15, -0.1) is 0 Å². The molecule has 0 fully saturated rings. The van der Waals surface area contributed by atoms with Crippen molar-refractivity contribution in [3.63, 3.8) is 0 Å². The predicted molar refractivity (Wildman–Crippen MR) is 206 cm³/mol. The summed E-state index contributed by atoms with van der Waals surface area (Å²) in [5.41, 5.74) is 10.7. The topological polar surface area (TPSA) is 85.6 Å². The number of para-hydroxylation sites is 3. The minimum Gasteiger partial charge on any atom is -0.319 e. The Morgan fingerprint density at radius 3 is 1.60 bits per heavy atom. The molecule has 0 radical (unpaired) electrons. The van der Waals surface area contributed by atoms with Gasteiger partial charge in [-0.3, -0.25) is 0 Å². The van der Waals surface area contributed by atoms with Gasteiger partial charge in [0.2, 0.25) is 5.69 Å². The largest absolute Gasteiger partial charge is 0.319 e. The molecule has 0 aliphatic rings. The number of benzene rings is 7. The quantitative estimate of drug-likeness (QED) is 0.176. The molecule has 6 nitrogen and oxygen atoms in total. The van der Waals surface area contributed by atoms with E-state index in [-0.39, 0.29) is 0 Å². The molecule has 2 heterocycles. The fourth-order valence-corrected chi connectivity index (χ4v) is 7.53. The molecule has 0 aliphatic carbocycles. The lowest BCUT2D eigenvalue weighted by molar-refractivity contribution is 1.18. The van der Waals surface area contributed by atoms with E-state index >= 15 is 0 Å². The third-order valence-electron chi connectivity index (χ3n) is 9.85. The van der Waals surface area contributed by atoms with Gasteiger partial charge in [0.05, 0.1) is 74.9 Å². The minimum atomic E-state index is 0.360. The summed E-state index contributed by atoms with van der Waals surface area (Å²) in [6.07, 6.45) is 0. The smallest absolute Gasteiger partial charge is 0.211 e. The Hall–Kier alpha value is -7.90. The van der Waals surface area contributed by atoms with E-state index in [1.54, 1.807) is 30.3 Å². The predicted octanol–water partition coefficient (Wildman–Crippen LogP) is 11.4. The average molecular weight is 661 g/mol. The number of hydrogen-bond acceptors (Lipinski definition) is 3. The van der Waals surface area contributed by atoms with Crippen LogP contribution in [0.1, 0.15) is 16.7 Å². The molecule has 0 N–H and O–H groups in total. The third-order valence-corrected chi connectivity index (χ3v) is 9.85. The van der Waals surface area contributed by atoms with Crippen LogP contribution in [0.2, 0.25) is 0 Å². The van der Waals surface area contributed by atoms with Crippen LogP contribution in [-0.2, 0) is 0 Å². The van der Waals surface area contributed by atoms with Gasteiger partial charge in [-0.25, -0.2) is 4.85 Å². The van der Waals surface area contributed by atoms with E-state index in [4.69, 9.17) is 6.57 Å². The molecule has 0 atom stereocenters. The molecule has 7 aromatic carbocycles. The summed E-state index contributed by atoms with van der Waals surface area (Å²) in [6, 6.07) is 54.4. The molecule has 0 saturated carbocycles. The van der Waals surface area contributed by atoms with E-state index in [0.717, 1.165) is 66.1 Å². The first kappa shape index (κ1) is 30.2. The maximum absolute atomic E-state index is 10.1. The molecule has 0 amide bonds. The molecular weight excluding hydrogens is 637 g/mol. The number of nitrogens with zero attached hydrogens (tertiary/aromatic N) is 6. The summed E-state index contributed by atoms with van der Waals surface area (Å²) in [5, 5.41) is 33.8. The summed E-state index contributed by atoms with van der Waals surface area (Å²) in [4.78, 5) is 4.02. The fourth-order valence-electron chi connectivity index (χ4n) is 7.53. The number of fused-ring (bicyclic) bond motifs is 6. The first-order valence-electron chi connectivity index (χ1n) is 16.6. The van der Waals surface area contributed by atoms with Crippen molar-refractivity contribution >= 4 is 49.3 Å². The monoisotopic (exact) mass is 660 g/mol. The highest BCUT2D eigenvalue weighted by Crippen LogP contribution is 2.41. The fraction of sp³-hybridized carbons (Fsp3) is 0. The standard InChI is InChI=1S/C46H24N6/c1-50-40-25-32(17-21-46(40)52-41-11-5-2-8-35(41)36-9-3-6-12-42(36)52)31-16-20-45-39(24-31)37-10-4-7-13-43(37)51(45)44-19-15-30(27-48)23-38(44)34-18-14-29(26-47)22-33(34)28-49/h2-25H. The van der Waals surface area contributed by atoms with Crippen LogP contribution in [-0.4, -0.2) is 9.13 Å². The van der Waals surface area contributed by atoms with Crippen LogP contribution >= 0.6 is 0 Å². The summed E-state index contributed by atoms with van der Waals surface area (Å²) in [6.45, 7) is 8.22. The molecule has 0 aliphatic heterocycles. The summed E-state index contributed by atoms with van der Waals surface area (Å²) in [5.74, 6) is 0. The summed E-state index contributed by atoms with van der Waals surface area (Å²) >= 11 is 0. The lowest BCUT2D eigenvalue weighted by atomic mass is 9.95. The van der Waals surface area contributed by atoms with Gasteiger partial charge in [0.1, 0.15) is 0 Å². The number of nitriles is 3. The second-order valence-corrected chi connectivity index (χ2v) is 12.6. The van der Waals surface area contributed by atoms with E-state index in [1.807, 2.05) is 54.6 Å². The number of rotatable bonds is 4. The zero-order valence-electron chi connectivity index (χ0n) is 27.5. The van der Waals surface area contributed by atoms with Gasteiger partial charge in [0.15, 0.2) is 0 Å². The molecule has 6 heteroatoms. The Morgan fingerprint density at radius 1 is 0.442 bits per heavy atom. The van der Waals surface area contributed by atoms with Crippen molar-refractivity contribution in [1.82, 2.24) is 9.13 Å². The Balaban J connectivity index is 1.23. The maximum Gasteiger partial charge on any atom is 0.211 e. The SMILES string of the molecule is [C-]#[N+]c1cc(-c2ccc3c(c2)c2ccccc2n3-c2ccc(C#N)cc2-c2ccc(C#N)cc2C#N)ccc1-n1c2ccccc2c2ccccc21. The normalized spacial score (nSPS) is 11.0. The molecule has 52 heavy (non-hydrogen) atoms. The molecular formula is C46H24N6. The minimum absolute atomic E-state index is 0.360.